The molecular formula is C16H24O3S. The van der Waals surface area contributed by atoms with Gasteiger partial charge in [-0.1, -0.05) is 38.2 Å². The first-order valence-corrected chi connectivity index (χ1v) is 8.30. The molecule has 112 valence electrons. The summed E-state index contributed by atoms with van der Waals surface area (Å²) in [4.78, 5) is 11.5. The second-order valence-corrected chi connectivity index (χ2v) is 6.13. The van der Waals surface area contributed by atoms with Gasteiger partial charge < -0.3 is 10.2 Å². The van der Waals surface area contributed by atoms with Crippen molar-refractivity contribution in [1.82, 2.24) is 0 Å². The molecule has 0 amide bonds. The number of carboxylic acid groups (broad SMARTS) is 1. The third-order valence-electron chi connectivity index (χ3n) is 3.12. The number of thioether (sulfide) groups is 1. The van der Waals surface area contributed by atoms with Crippen LogP contribution in [0, 0.1) is 0 Å². The maximum absolute atomic E-state index is 10.3. The Hall–Kier alpha value is -1.16. The predicted molar refractivity (Wildman–Crippen MR) is 83.4 cm³/mol. The van der Waals surface area contributed by atoms with Gasteiger partial charge >= 0.3 is 5.97 Å². The molecule has 0 saturated carbocycles. The standard InChI is InChI=1S/C16H24O3S/c17-14-9-8-10-15(13-14)20-12-7-5-3-1-2-4-6-11-16(18)19/h8-10,13,17H,1-7,11-12H2,(H,18,19). The van der Waals surface area contributed by atoms with Crippen LogP contribution in [0.4, 0.5) is 0 Å². The Morgan fingerprint density at radius 1 is 1.00 bits per heavy atom. The topological polar surface area (TPSA) is 57.5 Å². The van der Waals surface area contributed by atoms with E-state index in [4.69, 9.17) is 5.11 Å². The molecule has 3 nitrogen and oxygen atoms in total. The van der Waals surface area contributed by atoms with Gasteiger partial charge in [0.2, 0.25) is 0 Å². The van der Waals surface area contributed by atoms with Crippen LogP contribution in [0.5, 0.6) is 5.75 Å². The molecule has 0 atom stereocenters. The summed E-state index contributed by atoms with van der Waals surface area (Å²) in [5.41, 5.74) is 0. The van der Waals surface area contributed by atoms with Crippen LogP contribution in [-0.2, 0) is 4.79 Å². The van der Waals surface area contributed by atoms with Gasteiger partial charge in [0.05, 0.1) is 0 Å². The number of aromatic hydroxyl groups is 1. The first-order valence-electron chi connectivity index (χ1n) is 7.32. The highest BCUT2D eigenvalue weighted by molar-refractivity contribution is 7.99. The third-order valence-corrected chi connectivity index (χ3v) is 4.20. The van der Waals surface area contributed by atoms with Gasteiger partial charge in [-0.2, -0.15) is 0 Å². The Morgan fingerprint density at radius 2 is 1.65 bits per heavy atom. The van der Waals surface area contributed by atoms with E-state index in [1.54, 1.807) is 23.9 Å². The first-order chi connectivity index (χ1) is 9.68. The van der Waals surface area contributed by atoms with E-state index < -0.39 is 5.97 Å². The van der Waals surface area contributed by atoms with E-state index in [1.165, 1.54) is 25.7 Å². The minimum atomic E-state index is -0.686. The number of phenols is 1. The van der Waals surface area contributed by atoms with Gasteiger partial charge in [0.15, 0.2) is 0 Å². The van der Waals surface area contributed by atoms with E-state index in [0.717, 1.165) is 29.9 Å². The molecule has 2 N–H and O–H groups in total. The van der Waals surface area contributed by atoms with E-state index in [0.29, 0.717) is 12.2 Å². The highest BCUT2D eigenvalue weighted by Crippen LogP contribution is 2.23. The molecule has 1 aromatic carbocycles. The Balaban J connectivity index is 1.89. The summed E-state index contributed by atoms with van der Waals surface area (Å²) in [6.45, 7) is 0. The number of benzene rings is 1. The molecule has 0 aliphatic carbocycles. The molecule has 0 heterocycles. The maximum atomic E-state index is 10.3. The average molecular weight is 296 g/mol. The van der Waals surface area contributed by atoms with Crippen LogP contribution in [-0.4, -0.2) is 21.9 Å². The fourth-order valence-electron chi connectivity index (χ4n) is 2.03. The van der Waals surface area contributed by atoms with Crippen molar-refractivity contribution in [1.29, 1.82) is 0 Å². The summed E-state index contributed by atoms with van der Waals surface area (Å²) in [6, 6.07) is 7.38. The Labute approximate surface area is 125 Å². The molecule has 1 rings (SSSR count). The molecule has 0 saturated heterocycles. The van der Waals surface area contributed by atoms with Crippen molar-refractivity contribution in [3.05, 3.63) is 24.3 Å². The lowest BCUT2D eigenvalue weighted by Crippen LogP contribution is -1.93. The second kappa shape index (κ2) is 10.6. The highest BCUT2D eigenvalue weighted by Gasteiger charge is 1.98. The Bertz CT molecular complexity index is 393. The van der Waals surface area contributed by atoms with Crippen LogP contribution in [0.2, 0.25) is 0 Å². The summed E-state index contributed by atoms with van der Waals surface area (Å²) in [5, 5.41) is 17.8. The monoisotopic (exact) mass is 296 g/mol. The molecule has 0 radical (unpaired) electrons. The average Bonchev–Trinajstić information content (AvgIpc) is 2.40. The second-order valence-electron chi connectivity index (χ2n) is 4.96. The molecular weight excluding hydrogens is 272 g/mol. The van der Waals surface area contributed by atoms with Crippen molar-refractivity contribution in [2.24, 2.45) is 0 Å². The zero-order valence-electron chi connectivity index (χ0n) is 11.9. The number of phenolic OH excluding ortho intramolecular Hbond substituents is 1. The minimum Gasteiger partial charge on any atom is -0.508 e. The molecule has 0 unspecified atom stereocenters. The van der Waals surface area contributed by atoms with Crippen LogP contribution < -0.4 is 0 Å². The van der Waals surface area contributed by atoms with E-state index in [-0.39, 0.29) is 0 Å². The number of hydrogen-bond acceptors (Lipinski definition) is 3. The van der Waals surface area contributed by atoms with Crippen LogP contribution in [0.1, 0.15) is 51.4 Å². The van der Waals surface area contributed by atoms with E-state index in [9.17, 15) is 9.90 Å². The summed E-state index contributed by atoms with van der Waals surface area (Å²) in [7, 11) is 0. The lowest BCUT2D eigenvalue weighted by Gasteiger charge is -2.03. The number of unbranched alkanes of at least 4 members (excludes halogenated alkanes) is 6. The molecule has 4 heteroatoms. The molecule has 0 aliphatic rings. The normalized spacial score (nSPS) is 10.6. The first kappa shape index (κ1) is 16.9. The van der Waals surface area contributed by atoms with Crippen molar-refractivity contribution in [2.75, 3.05) is 5.75 Å². The van der Waals surface area contributed by atoms with Gasteiger partial charge in [0, 0.05) is 11.3 Å². The summed E-state index contributed by atoms with van der Waals surface area (Å²) in [6.07, 6.45) is 8.14. The zero-order valence-corrected chi connectivity index (χ0v) is 12.7. The van der Waals surface area contributed by atoms with Gasteiger partial charge in [-0.15, -0.1) is 11.8 Å². The van der Waals surface area contributed by atoms with Crippen LogP contribution in [0.15, 0.2) is 29.2 Å². The number of rotatable bonds is 11. The summed E-state index contributed by atoms with van der Waals surface area (Å²) >= 11 is 1.78. The number of hydrogen-bond donors (Lipinski definition) is 2. The SMILES string of the molecule is O=C(O)CCCCCCCCCSc1cccc(O)c1. The molecule has 0 spiro atoms. The molecule has 0 bridgehead atoms. The molecule has 0 aromatic heterocycles. The molecule has 0 fully saturated rings. The lowest BCUT2D eigenvalue weighted by atomic mass is 10.1. The van der Waals surface area contributed by atoms with Crippen molar-refractivity contribution >= 4 is 17.7 Å². The van der Waals surface area contributed by atoms with Gasteiger partial charge in [0.1, 0.15) is 5.75 Å². The van der Waals surface area contributed by atoms with Crippen molar-refractivity contribution in [3.63, 3.8) is 0 Å². The highest BCUT2D eigenvalue weighted by atomic mass is 32.2. The van der Waals surface area contributed by atoms with E-state index in [1.807, 2.05) is 12.1 Å². The number of carboxylic acids is 1. The maximum Gasteiger partial charge on any atom is 0.303 e. The number of carbonyl (C=O) groups is 1. The summed E-state index contributed by atoms with van der Waals surface area (Å²) in [5.74, 6) is 0.730. The van der Waals surface area contributed by atoms with E-state index >= 15 is 0 Å². The quantitative estimate of drug-likeness (QED) is 0.459. The zero-order chi connectivity index (χ0) is 14.6. The summed E-state index contributed by atoms with van der Waals surface area (Å²) < 4.78 is 0. The molecule has 20 heavy (non-hydrogen) atoms. The lowest BCUT2D eigenvalue weighted by molar-refractivity contribution is -0.137. The van der Waals surface area contributed by atoms with Gasteiger partial charge in [0.25, 0.3) is 0 Å². The van der Waals surface area contributed by atoms with E-state index in [2.05, 4.69) is 0 Å². The van der Waals surface area contributed by atoms with Crippen molar-refractivity contribution in [3.8, 4) is 5.75 Å². The smallest absolute Gasteiger partial charge is 0.303 e. The molecule has 0 aliphatic heterocycles. The minimum absolute atomic E-state index is 0.306. The number of aliphatic carboxylic acids is 1. The Morgan fingerprint density at radius 3 is 2.30 bits per heavy atom. The predicted octanol–water partition coefficient (Wildman–Crippen LogP) is 4.69. The van der Waals surface area contributed by atoms with Crippen molar-refractivity contribution < 1.29 is 15.0 Å². The van der Waals surface area contributed by atoms with Crippen LogP contribution >= 0.6 is 11.8 Å². The van der Waals surface area contributed by atoms with Gasteiger partial charge in [-0.3, -0.25) is 4.79 Å². The largest absolute Gasteiger partial charge is 0.508 e. The molecule has 1 aromatic rings. The van der Waals surface area contributed by atoms with Gasteiger partial charge in [-0.05, 0) is 36.8 Å². The van der Waals surface area contributed by atoms with Crippen LogP contribution in [0.25, 0.3) is 0 Å². The van der Waals surface area contributed by atoms with Gasteiger partial charge in [-0.25, -0.2) is 0 Å². The fourth-order valence-corrected chi connectivity index (χ4v) is 2.99. The van der Waals surface area contributed by atoms with Crippen LogP contribution in [0.3, 0.4) is 0 Å². The Kier molecular flexibility index (Phi) is 8.96. The van der Waals surface area contributed by atoms with Crippen molar-refractivity contribution in [2.45, 2.75) is 56.3 Å². The fraction of sp³-hybridized carbons (Fsp3) is 0.562. The third kappa shape index (κ3) is 8.86.